The first-order chi connectivity index (χ1) is 15.9. The van der Waals surface area contributed by atoms with E-state index < -0.39 is 11.8 Å². The Hall–Kier alpha value is -3.22. The van der Waals surface area contributed by atoms with Crippen molar-refractivity contribution in [1.82, 2.24) is 9.88 Å². The van der Waals surface area contributed by atoms with E-state index in [9.17, 15) is 14.4 Å². The van der Waals surface area contributed by atoms with Gasteiger partial charge in [0.25, 0.3) is 5.91 Å². The molecule has 7 nitrogen and oxygen atoms in total. The van der Waals surface area contributed by atoms with Crippen molar-refractivity contribution in [3.8, 4) is 0 Å². The number of nitrogens with zero attached hydrogens (tertiary/aromatic N) is 4. The molecule has 0 spiro atoms. The number of Topliss-reactive ketones (excluding diaryl/α,β-unsaturated/α-hetero) is 1. The number of hydrogen-bond donors (Lipinski definition) is 0. The summed E-state index contributed by atoms with van der Waals surface area (Å²) in [7, 11) is 0. The molecule has 174 valence electrons. The highest BCUT2D eigenvalue weighted by Gasteiger charge is 2.30. The van der Waals surface area contributed by atoms with Gasteiger partial charge in [-0.2, -0.15) is 0 Å². The number of carbonyl (C=O) groups excluding carboxylic acids is 3. The summed E-state index contributed by atoms with van der Waals surface area (Å²) in [5.41, 5.74) is 5.17. The SMILES string of the molecule is Cc1ccc(N2CCN(C(=O)c3cnc(N4CCCCC4C(=O)C=O)cc3C)CC2)c(C)c1. The van der Waals surface area contributed by atoms with Crippen LogP contribution in [-0.2, 0) is 9.59 Å². The van der Waals surface area contributed by atoms with Gasteiger partial charge in [-0.15, -0.1) is 0 Å². The van der Waals surface area contributed by atoms with Gasteiger partial charge in [0, 0.05) is 44.6 Å². The number of piperazine rings is 1. The van der Waals surface area contributed by atoms with Crippen molar-refractivity contribution in [3.05, 3.63) is 52.7 Å². The molecular formula is C26H32N4O3. The van der Waals surface area contributed by atoms with Gasteiger partial charge in [0.15, 0.2) is 6.29 Å². The fourth-order valence-electron chi connectivity index (χ4n) is 4.98. The van der Waals surface area contributed by atoms with Gasteiger partial charge < -0.3 is 14.7 Å². The zero-order valence-electron chi connectivity index (χ0n) is 19.7. The normalized spacial score (nSPS) is 18.9. The summed E-state index contributed by atoms with van der Waals surface area (Å²) in [5, 5.41) is 0. The van der Waals surface area contributed by atoms with Crippen molar-refractivity contribution in [2.24, 2.45) is 0 Å². The van der Waals surface area contributed by atoms with E-state index in [-0.39, 0.29) is 5.91 Å². The van der Waals surface area contributed by atoms with Crippen LogP contribution in [0.15, 0.2) is 30.5 Å². The van der Waals surface area contributed by atoms with Gasteiger partial charge in [-0.1, -0.05) is 17.7 Å². The van der Waals surface area contributed by atoms with Gasteiger partial charge in [-0.25, -0.2) is 4.98 Å². The van der Waals surface area contributed by atoms with E-state index in [0.717, 1.165) is 31.5 Å². The van der Waals surface area contributed by atoms with Crippen molar-refractivity contribution >= 4 is 29.5 Å². The molecule has 2 aliphatic heterocycles. The molecule has 2 saturated heterocycles. The zero-order chi connectivity index (χ0) is 23.5. The van der Waals surface area contributed by atoms with Gasteiger partial charge in [-0.3, -0.25) is 14.4 Å². The summed E-state index contributed by atoms with van der Waals surface area (Å²) in [6.07, 6.45) is 4.56. The second-order valence-corrected chi connectivity index (χ2v) is 9.15. The zero-order valence-corrected chi connectivity index (χ0v) is 19.7. The Morgan fingerprint density at radius 1 is 0.970 bits per heavy atom. The molecule has 1 amide bonds. The first kappa shape index (κ1) is 23.0. The predicted molar refractivity (Wildman–Crippen MR) is 129 cm³/mol. The number of benzene rings is 1. The molecule has 2 fully saturated rings. The number of pyridine rings is 1. The summed E-state index contributed by atoms with van der Waals surface area (Å²) >= 11 is 0. The maximum atomic E-state index is 13.2. The lowest BCUT2D eigenvalue weighted by Crippen LogP contribution is -2.49. The van der Waals surface area contributed by atoms with E-state index in [1.54, 1.807) is 6.20 Å². The number of aldehydes is 1. The van der Waals surface area contributed by atoms with Gasteiger partial charge in [0.1, 0.15) is 5.82 Å². The highest BCUT2D eigenvalue weighted by molar-refractivity contribution is 6.28. The van der Waals surface area contributed by atoms with Gasteiger partial charge >= 0.3 is 0 Å². The molecule has 7 heteroatoms. The molecule has 0 radical (unpaired) electrons. The Morgan fingerprint density at radius 3 is 2.39 bits per heavy atom. The monoisotopic (exact) mass is 448 g/mol. The van der Waals surface area contributed by atoms with E-state index in [1.165, 1.54) is 16.8 Å². The molecule has 1 aromatic carbocycles. The molecule has 3 heterocycles. The number of carbonyl (C=O) groups is 3. The minimum absolute atomic E-state index is 0.00834. The molecule has 0 N–H and O–H groups in total. The van der Waals surface area contributed by atoms with Crippen molar-refractivity contribution in [1.29, 1.82) is 0 Å². The number of amides is 1. The Bertz CT molecular complexity index is 1060. The molecule has 33 heavy (non-hydrogen) atoms. The largest absolute Gasteiger partial charge is 0.368 e. The smallest absolute Gasteiger partial charge is 0.255 e. The van der Waals surface area contributed by atoms with Crippen LogP contribution in [0.3, 0.4) is 0 Å². The Labute approximate surface area is 195 Å². The maximum Gasteiger partial charge on any atom is 0.255 e. The number of aromatic nitrogens is 1. The average Bonchev–Trinajstić information content (AvgIpc) is 2.83. The summed E-state index contributed by atoms with van der Waals surface area (Å²) in [5.74, 6) is 0.241. The molecule has 2 aromatic rings. The predicted octanol–water partition coefficient (Wildman–Crippen LogP) is 3.10. The molecule has 2 aliphatic rings. The van der Waals surface area contributed by atoms with Crippen LogP contribution in [0.1, 0.15) is 46.3 Å². The first-order valence-electron chi connectivity index (χ1n) is 11.7. The van der Waals surface area contributed by atoms with Crippen LogP contribution in [0.5, 0.6) is 0 Å². The lowest BCUT2D eigenvalue weighted by atomic mass is 9.98. The van der Waals surface area contributed by atoms with E-state index in [2.05, 4.69) is 41.9 Å². The van der Waals surface area contributed by atoms with Crippen molar-refractivity contribution in [2.45, 2.75) is 46.1 Å². The maximum absolute atomic E-state index is 13.2. The van der Waals surface area contributed by atoms with Crippen molar-refractivity contribution in [2.75, 3.05) is 42.5 Å². The van der Waals surface area contributed by atoms with E-state index in [4.69, 9.17) is 0 Å². The number of anilines is 2. The molecule has 1 aromatic heterocycles. The fraction of sp³-hybridized carbons (Fsp3) is 0.462. The van der Waals surface area contributed by atoms with Crippen LogP contribution in [0, 0.1) is 20.8 Å². The third-order valence-electron chi connectivity index (χ3n) is 6.83. The molecule has 1 atom stereocenters. The van der Waals surface area contributed by atoms with Crippen molar-refractivity contribution in [3.63, 3.8) is 0 Å². The Kier molecular flexibility index (Phi) is 6.77. The lowest BCUT2D eigenvalue weighted by molar-refractivity contribution is -0.131. The van der Waals surface area contributed by atoms with Crippen LogP contribution in [0.25, 0.3) is 0 Å². The van der Waals surface area contributed by atoms with E-state index >= 15 is 0 Å². The van der Waals surface area contributed by atoms with Crippen LogP contribution >= 0.6 is 0 Å². The van der Waals surface area contributed by atoms with Crippen LogP contribution < -0.4 is 9.80 Å². The quantitative estimate of drug-likeness (QED) is 0.517. The average molecular weight is 449 g/mol. The van der Waals surface area contributed by atoms with Crippen molar-refractivity contribution < 1.29 is 14.4 Å². The third kappa shape index (κ3) is 4.77. The number of aryl methyl sites for hydroxylation is 3. The highest BCUT2D eigenvalue weighted by Crippen LogP contribution is 2.26. The lowest BCUT2D eigenvalue weighted by Gasteiger charge is -2.37. The molecule has 1 unspecified atom stereocenters. The second kappa shape index (κ2) is 9.73. The molecule has 0 saturated carbocycles. The molecule has 0 bridgehead atoms. The van der Waals surface area contributed by atoms with Gasteiger partial charge in [-0.05, 0) is 63.3 Å². The highest BCUT2D eigenvalue weighted by atomic mass is 16.2. The third-order valence-corrected chi connectivity index (χ3v) is 6.83. The van der Waals surface area contributed by atoms with Crippen LogP contribution in [-0.4, -0.2) is 66.6 Å². The summed E-state index contributed by atoms with van der Waals surface area (Å²) in [6, 6.07) is 7.90. The molecular weight excluding hydrogens is 416 g/mol. The minimum atomic E-state index is -0.456. The van der Waals surface area contributed by atoms with Gasteiger partial charge in [0.05, 0.1) is 11.6 Å². The van der Waals surface area contributed by atoms with Gasteiger partial charge in [0.2, 0.25) is 5.78 Å². The number of piperidine rings is 1. The number of ketones is 1. The van der Waals surface area contributed by atoms with Crippen LogP contribution in [0.2, 0.25) is 0 Å². The summed E-state index contributed by atoms with van der Waals surface area (Å²) in [4.78, 5) is 47.0. The second-order valence-electron chi connectivity index (χ2n) is 9.15. The van der Waals surface area contributed by atoms with Crippen LogP contribution in [0.4, 0.5) is 11.5 Å². The van der Waals surface area contributed by atoms with E-state index in [0.29, 0.717) is 43.7 Å². The standard InChI is InChI=1S/C26H32N4O3/c1-18-7-8-22(20(3)14-18)28-10-12-29(13-11-28)26(33)21-16-27-25(15-19(21)2)30-9-5-4-6-23(30)24(32)17-31/h7-8,14-17,23H,4-6,9-13H2,1-3H3. The molecule has 0 aliphatic carbocycles. The topological polar surface area (TPSA) is 73.8 Å². The first-order valence-corrected chi connectivity index (χ1v) is 11.7. The van der Waals surface area contributed by atoms with E-state index in [1.807, 2.05) is 22.8 Å². The minimum Gasteiger partial charge on any atom is -0.368 e. The number of rotatable bonds is 5. The Morgan fingerprint density at radius 2 is 1.73 bits per heavy atom. The summed E-state index contributed by atoms with van der Waals surface area (Å²) in [6.45, 7) is 9.74. The Balaban J connectivity index is 1.45. The number of hydrogen-bond acceptors (Lipinski definition) is 6. The molecule has 4 rings (SSSR count). The summed E-state index contributed by atoms with van der Waals surface area (Å²) < 4.78 is 0. The fourth-order valence-corrected chi connectivity index (χ4v) is 4.98.